The highest BCUT2D eigenvalue weighted by Gasteiger charge is 2.49. The molecule has 3 aliphatic heterocycles. The predicted octanol–water partition coefficient (Wildman–Crippen LogP) is 4.98. The first-order valence-corrected chi connectivity index (χ1v) is 18.9. The molecule has 0 N–H and O–H groups in total. The van der Waals surface area contributed by atoms with Crippen molar-refractivity contribution in [3.05, 3.63) is 123 Å². The van der Waals surface area contributed by atoms with Crippen molar-refractivity contribution >= 4 is 22.0 Å². The molecule has 7 rings (SSSR count). The first-order valence-electron chi connectivity index (χ1n) is 17.4. The Morgan fingerprint density at radius 2 is 1.60 bits per heavy atom. The summed E-state index contributed by atoms with van der Waals surface area (Å²) in [6.07, 6.45) is -1.64. The highest BCUT2D eigenvalue weighted by Crippen LogP contribution is 2.43. The Hall–Kier alpha value is -5.13. The van der Waals surface area contributed by atoms with E-state index in [1.807, 2.05) is 50.2 Å². The lowest BCUT2D eigenvalue weighted by Crippen LogP contribution is -2.49. The highest BCUT2D eigenvalue weighted by molar-refractivity contribution is 7.89. The lowest BCUT2D eigenvalue weighted by molar-refractivity contribution is -0.306. The molecule has 3 aliphatic rings. The first kappa shape index (κ1) is 36.2. The maximum atomic E-state index is 14.4. The topological polar surface area (TPSA) is 154 Å². The summed E-state index contributed by atoms with van der Waals surface area (Å²) in [6.45, 7) is 6.15. The number of hydrogen-bond donors (Lipinski definition) is 0. The van der Waals surface area contributed by atoms with Crippen LogP contribution in [-0.2, 0) is 63.9 Å². The number of nitriles is 1. The summed E-state index contributed by atoms with van der Waals surface area (Å²) in [6, 6.07) is 25.0. The number of fused-ring (bicyclic) bond motifs is 3. The number of carbonyl (C=O) groups excluding carboxylic acids is 2. The van der Waals surface area contributed by atoms with Crippen LogP contribution in [0.5, 0.6) is 0 Å². The molecule has 1 saturated heterocycles. The number of pyridine rings is 1. The maximum absolute atomic E-state index is 14.4. The average molecular weight is 738 g/mol. The fourth-order valence-corrected chi connectivity index (χ4v) is 8.65. The molecule has 1 spiro atoms. The molecule has 0 saturated carbocycles. The van der Waals surface area contributed by atoms with Gasteiger partial charge in [-0.1, -0.05) is 80.6 Å². The third-order valence-corrected chi connectivity index (χ3v) is 11.8. The van der Waals surface area contributed by atoms with E-state index in [2.05, 4.69) is 0 Å². The van der Waals surface area contributed by atoms with Gasteiger partial charge in [0, 0.05) is 36.9 Å². The van der Waals surface area contributed by atoms with E-state index in [1.54, 1.807) is 43.3 Å². The van der Waals surface area contributed by atoms with Gasteiger partial charge >= 0.3 is 11.9 Å². The molecular weight excluding hydrogens is 699 g/mol. The van der Waals surface area contributed by atoms with Gasteiger partial charge in [0.05, 0.1) is 30.4 Å². The Morgan fingerprint density at radius 3 is 2.26 bits per heavy atom. The Kier molecular flexibility index (Phi) is 9.59. The summed E-state index contributed by atoms with van der Waals surface area (Å²) in [4.78, 5) is 41.7. The number of ether oxygens (including phenoxy) is 4. The lowest BCUT2D eigenvalue weighted by Gasteiger charge is -2.41. The second-order valence-electron chi connectivity index (χ2n) is 14.2. The van der Waals surface area contributed by atoms with Gasteiger partial charge < -0.3 is 23.5 Å². The van der Waals surface area contributed by atoms with Crippen LogP contribution >= 0.6 is 0 Å². The van der Waals surface area contributed by atoms with Crippen LogP contribution in [0, 0.1) is 16.7 Å². The van der Waals surface area contributed by atoms with Gasteiger partial charge in [-0.2, -0.15) is 9.57 Å². The second-order valence-corrected chi connectivity index (χ2v) is 16.1. The standard InChI is InChI=1S/C40H39N3O9S/c1-4-49-38(46)35(31-21-34-40(50-24-39(2,3)25-51-40)18-19-42(34)36(44)32(31)22-41)52-37(45)33-20-28-12-8-9-13-29(28)23-43(33)53(47,48)30-16-14-27(15-17-30)26-10-6-5-7-11-26/h5-17,21,33,35H,4,18-20,23-25H2,1-3H3/t33-,35?/m1/s1. The van der Waals surface area contributed by atoms with Crippen molar-refractivity contribution in [1.82, 2.24) is 8.87 Å². The molecule has 1 unspecified atom stereocenters. The summed E-state index contributed by atoms with van der Waals surface area (Å²) >= 11 is 0. The molecule has 1 fully saturated rings. The zero-order chi connectivity index (χ0) is 37.5. The van der Waals surface area contributed by atoms with Crippen molar-refractivity contribution in [3.63, 3.8) is 0 Å². The number of carbonyl (C=O) groups is 2. The number of sulfonamides is 1. The van der Waals surface area contributed by atoms with Gasteiger partial charge in [-0.3, -0.25) is 9.59 Å². The van der Waals surface area contributed by atoms with E-state index in [0.717, 1.165) is 21.0 Å². The molecule has 0 aliphatic carbocycles. The Bertz CT molecular complexity index is 2270. The van der Waals surface area contributed by atoms with E-state index in [4.69, 9.17) is 18.9 Å². The minimum Gasteiger partial charge on any atom is -0.463 e. The van der Waals surface area contributed by atoms with Crippen molar-refractivity contribution in [2.24, 2.45) is 5.41 Å². The Labute approximate surface area is 307 Å². The summed E-state index contributed by atoms with van der Waals surface area (Å²) in [5.74, 6) is -3.38. The molecule has 3 aromatic carbocycles. The number of aromatic nitrogens is 1. The van der Waals surface area contributed by atoms with Gasteiger partial charge in [-0.25, -0.2) is 13.2 Å². The first-order chi connectivity index (χ1) is 25.4. The minimum atomic E-state index is -4.31. The van der Waals surface area contributed by atoms with Crippen LogP contribution in [0.1, 0.15) is 61.2 Å². The molecule has 2 atom stereocenters. The van der Waals surface area contributed by atoms with E-state index < -0.39 is 51.0 Å². The number of nitrogens with zero attached hydrogens (tertiary/aromatic N) is 3. The number of hydrogen-bond acceptors (Lipinski definition) is 10. The third kappa shape index (κ3) is 6.68. The quantitative estimate of drug-likeness (QED) is 0.226. The van der Waals surface area contributed by atoms with E-state index in [-0.39, 0.29) is 54.1 Å². The summed E-state index contributed by atoms with van der Waals surface area (Å²) in [5.41, 5.74) is 1.86. The second kappa shape index (κ2) is 14.0. The van der Waals surface area contributed by atoms with Crippen LogP contribution in [0.4, 0.5) is 0 Å². The monoisotopic (exact) mass is 737 g/mol. The van der Waals surface area contributed by atoms with Crippen LogP contribution in [0.3, 0.4) is 0 Å². The van der Waals surface area contributed by atoms with Gasteiger partial charge in [0.25, 0.3) is 5.56 Å². The molecular formula is C40H39N3O9S. The van der Waals surface area contributed by atoms with Gasteiger partial charge in [-0.15, -0.1) is 0 Å². The van der Waals surface area contributed by atoms with E-state index >= 15 is 0 Å². The zero-order valence-corrected chi connectivity index (χ0v) is 30.4. The maximum Gasteiger partial charge on any atom is 0.352 e. The van der Waals surface area contributed by atoms with Gasteiger partial charge in [0.1, 0.15) is 17.7 Å². The van der Waals surface area contributed by atoms with Gasteiger partial charge in [0.2, 0.25) is 21.9 Å². The van der Waals surface area contributed by atoms with Crippen molar-refractivity contribution in [1.29, 1.82) is 5.26 Å². The third-order valence-electron chi connectivity index (χ3n) is 9.95. The summed E-state index contributed by atoms with van der Waals surface area (Å²) in [7, 11) is -4.31. The van der Waals surface area contributed by atoms with E-state index in [9.17, 15) is 28.1 Å². The van der Waals surface area contributed by atoms with E-state index in [1.165, 1.54) is 22.8 Å². The molecule has 4 heterocycles. The molecule has 274 valence electrons. The SMILES string of the molecule is CCOC(=O)C(OC(=O)[C@H]1Cc2ccccc2CN1S(=O)(=O)c1ccc(-c2ccccc2)cc1)c1cc2n(c(=O)c1C#N)CCC21OCC(C)(C)CO1. The number of benzene rings is 3. The van der Waals surface area contributed by atoms with Crippen LogP contribution < -0.4 is 5.56 Å². The van der Waals surface area contributed by atoms with Crippen molar-refractivity contribution < 1.29 is 37.0 Å². The van der Waals surface area contributed by atoms with Gasteiger partial charge in [0.15, 0.2) is 0 Å². The Balaban J connectivity index is 1.26. The minimum absolute atomic E-state index is 0.0318. The van der Waals surface area contributed by atoms with Gasteiger partial charge in [-0.05, 0) is 47.4 Å². The predicted molar refractivity (Wildman–Crippen MR) is 191 cm³/mol. The molecule has 0 bridgehead atoms. The fourth-order valence-electron chi connectivity index (χ4n) is 7.10. The molecule has 1 aromatic heterocycles. The van der Waals surface area contributed by atoms with Crippen molar-refractivity contribution in [2.75, 3.05) is 19.8 Å². The largest absolute Gasteiger partial charge is 0.463 e. The van der Waals surface area contributed by atoms with Crippen LogP contribution in [0.2, 0.25) is 0 Å². The fraction of sp³-hybridized carbons (Fsp3) is 0.350. The molecule has 13 heteroatoms. The molecule has 12 nitrogen and oxygen atoms in total. The lowest BCUT2D eigenvalue weighted by atomic mass is 9.93. The zero-order valence-electron chi connectivity index (χ0n) is 29.6. The highest BCUT2D eigenvalue weighted by atomic mass is 32.2. The summed E-state index contributed by atoms with van der Waals surface area (Å²) in [5, 5.41) is 10.2. The van der Waals surface area contributed by atoms with Crippen molar-refractivity contribution in [2.45, 2.75) is 69.5 Å². The smallest absolute Gasteiger partial charge is 0.352 e. The summed E-state index contributed by atoms with van der Waals surface area (Å²) < 4.78 is 54.8. The molecule has 53 heavy (non-hydrogen) atoms. The van der Waals surface area contributed by atoms with E-state index in [0.29, 0.717) is 18.8 Å². The van der Waals surface area contributed by atoms with Crippen LogP contribution in [0.25, 0.3) is 11.1 Å². The van der Waals surface area contributed by atoms with Crippen molar-refractivity contribution in [3.8, 4) is 17.2 Å². The normalized spacial score (nSPS) is 19.4. The molecule has 4 aromatic rings. The van der Waals surface area contributed by atoms with Crippen LogP contribution in [0.15, 0.2) is 94.6 Å². The molecule has 0 radical (unpaired) electrons. The number of esters is 2. The Morgan fingerprint density at radius 1 is 0.962 bits per heavy atom. The van der Waals surface area contributed by atoms with Crippen LogP contribution in [-0.4, -0.2) is 55.1 Å². The number of rotatable bonds is 8. The molecule has 0 amide bonds. The average Bonchev–Trinajstić information content (AvgIpc) is 3.53.